The molecule has 9 nitrogen and oxygen atoms in total. The molecule has 1 unspecified atom stereocenters. The number of imidazole rings is 1. The summed E-state index contributed by atoms with van der Waals surface area (Å²) in [5, 5.41) is 11.6. The van der Waals surface area contributed by atoms with Gasteiger partial charge in [-0.1, -0.05) is 12.0 Å². The summed E-state index contributed by atoms with van der Waals surface area (Å²) in [6, 6.07) is 11.0. The number of rotatable bonds is 5. The van der Waals surface area contributed by atoms with E-state index in [1.165, 1.54) is 30.5 Å². The Morgan fingerprint density at radius 2 is 2.08 bits per heavy atom. The summed E-state index contributed by atoms with van der Waals surface area (Å²) >= 11 is 0. The second-order valence-corrected chi connectivity index (χ2v) is 8.68. The van der Waals surface area contributed by atoms with Crippen LogP contribution in [0.15, 0.2) is 48.8 Å². The SMILES string of the molecule is CC#CCN1CCC(c2nc(-c3ccc(C(=O)Nc4cc(C#N)ccn4)c(F)c3)n3c(N)nccc23)C1. The number of hydrogen-bond acceptors (Lipinski definition) is 7. The van der Waals surface area contributed by atoms with Crippen molar-refractivity contribution in [2.75, 3.05) is 30.7 Å². The number of nitrogens with two attached hydrogens (primary N) is 1. The molecule has 1 atom stereocenters. The van der Waals surface area contributed by atoms with Crippen LogP contribution in [0.5, 0.6) is 0 Å². The number of anilines is 2. The molecule has 4 heterocycles. The van der Waals surface area contributed by atoms with Crippen LogP contribution in [-0.2, 0) is 0 Å². The minimum atomic E-state index is -0.725. The number of carbonyl (C=O) groups is 1. The van der Waals surface area contributed by atoms with Crippen molar-refractivity contribution in [1.29, 1.82) is 5.26 Å². The van der Waals surface area contributed by atoms with Gasteiger partial charge in [0.15, 0.2) is 0 Å². The van der Waals surface area contributed by atoms with Gasteiger partial charge in [0.25, 0.3) is 5.91 Å². The van der Waals surface area contributed by atoms with Crippen LogP contribution in [0.1, 0.15) is 40.9 Å². The molecule has 3 aromatic heterocycles. The van der Waals surface area contributed by atoms with E-state index in [9.17, 15) is 4.79 Å². The minimum Gasteiger partial charge on any atom is -0.369 e. The average molecular weight is 495 g/mol. The fourth-order valence-electron chi connectivity index (χ4n) is 4.56. The third kappa shape index (κ3) is 4.70. The molecule has 0 aliphatic carbocycles. The number of aromatic nitrogens is 4. The van der Waals surface area contributed by atoms with E-state index in [4.69, 9.17) is 16.0 Å². The van der Waals surface area contributed by atoms with Crippen LogP contribution in [0, 0.1) is 29.0 Å². The van der Waals surface area contributed by atoms with Crippen LogP contribution in [0.3, 0.4) is 0 Å². The van der Waals surface area contributed by atoms with Crippen LogP contribution in [-0.4, -0.2) is 49.8 Å². The molecule has 1 aromatic carbocycles. The molecule has 184 valence electrons. The largest absolute Gasteiger partial charge is 0.369 e. The highest BCUT2D eigenvalue weighted by molar-refractivity contribution is 6.04. The molecular weight excluding hydrogens is 471 g/mol. The molecule has 1 aliphatic heterocycles. The first-order valence-corrected chi connectivity index (χ1v) is 11.7. The van der Waals surface area contributed by atoms with Gasteiger partial charge in [-0.25, -0.2) is 19.3 Å². The predicted octanol–water partition coefficient (Wildman–Crippen LogP) is 3.45. The van der Waals surface area contributed by atoms with Gasteiger partial charge in [0.05, 0.1) is 35.0 Å². The molecule has 1 aliphatic rings. The van der Waals surface area contributed by atoms with Crippen molar-refractivity contribution in [2.45, 2.75) is 19.3 Å². The molecular formula is C27H23FN8O. The van der Waals surface area contributed by atoms with Crippen molar-refractivity contribution >= 4 is 23.2 Å². The van der Waals surface area contributed by atoms with Gasteiger partial charge in [-0.2, -0.15) is 5.26 Å². The summed E-state index contributed by atoms with van der Waals surface area (Å²) in [6.45, 7) is 4.27. The lowest BCUT2D eigenvalue weighted by atomic mass is 10.0. The molecule has 1 fully saturated rings. The van der Waals surface area contributed by atoms with E-state index >= 15 is 4.39 Å². The number of pyridine rings is 1. The number of halogens is 1. The number of amides is 1. The van der Waals surface area contributed by atoms with E-state index < -0.39 is 11.7 Å². The Balaban J connectivity index is 1.47. The van der Waals surface area contributed by atoms with Crippen molar-refractivity contribution < 1.29 is 9.18 Å². The topological polar surface area (TPSA) is 125 Å². The minimum absolute atomic E-state index is 0.158. The zero-order chi connectivity index (χ0) is 25.9. The number of likely N-dealkylation sites (tertiary alicyclic amines) is 1. The van der Waals surface area contributed by atoms with Gasteiger partial charge in [0, 0.05) is 30.4 Å². The molecule has 10 heteroatoms. The molecule has 0 saturated carbocycles. The van der Waals surface area contributed by atoms with Gasteiger partial charge in [0.2, 0.25) is 5.95 Å². The maximum absolute atomic E-state index is 15.2. The summed E-state index contributed by atoms with van der Waals surface area (Å²) in [7, 11) is 0. The Hall–Kier alpha value is -4.80. The summed E-state index contributed by atoms with van der Waals surface area (Å²) in [6.07, 6.45) is 3.96. The number of carbonyl (C=O) groups excluding carboxylic acids is 1. The number of nitrogens with one attached hydrogen (secondary N) is 1. The third-order valence-electron chi connectivity index (χ3n) is 6.35. The first-order valence-electron chi connectivity index (χ1n) is 11.7. The van der Waals surface area contributed by atoms with Crippen molar-refractivity contribution in [2.24, 2.45) is 0 Å². The molecule has 5 rings (SSSR count). The Kier molecular flexibility index (Phi) is 6.50. The highest BCUT2D eigenvalue weighted by Gasteiger charge is 2.29. The Morgan fingerprint density at radius 1 is 1.24 bits per heavy atom. The Bertz CT molecular complexity index is 1610. The summed E-state index contributed by atoms with van der Waals surface area (Å²) in [5.74, 6) is 5.67. The van der Waals surface area contributed by atoms with Crippen LogP contribution in [0.4, 0.5) is 16.2 Å². The number of nitrogens with zero attached hydrogens (tertiary/aromatic N) is 6. The van der Waals surface area contributed by atoms with Gasteiger partial charge in [-0.05, 0) is 50.2 Å². The van der Waals surface area contributed by atoms with Gasteiger partial charge in [0.1, 0.15) is 17.5 Å². The molecule has 0 bridgehead atoms. The van der Waals surface area contributed by atoms with Crippen molar-refractivity contribution in [1.82, 2.24) is 24.3 Å². The van der Waals surface area contributed by atoms with E-state index in [0.29, 0.717) is 23.5 Å². The van der Waals surface area contributed by atoms with E-state index in [0.717, 1.165) is 30.7 Å². The standard InChI is InChI=1S/C27H23FN8O/c1-2-3-11-35-12-8-19(16-35)24-22-7-10-32-27(30)36(22)25(34-24)18-4-5-20(21(28)14-18)26(37)33-23-13-17(15-29)6-9-31-23/h4-7,9-10,13-14,19H,8,11-12,16H2,1H3,(H2,30,32)(H,31,33,37). The molecule has 0 radical (unpaired) electrons. The molecule has 0 spiro atoms. The quantitative estimate of drug-likeness (QED) is 0.407. The molecule has 1 saturated heterocycles. The van der Waals surface area contributed by atoms with Crippen LogP contribution >= 0.6 is 0 Å². The summed E-state index contributed by atoms with van der Waals surface area (Å²) in [4.78, 5) is 28.1. The van der Waals surface area contributed by atoms with E-state index in [2.05, 4.69) is 32.0 Å². The fourth-order valence-corrected chi connectivity index (χ4v) is 4.56. The van der Waals surface area contributed by atoms with Gasteiger partial charge >= 0.3 is 0 Å². The van der Waals surface area contributed by atoms with Gasteiger partial charge in [-0.3, -0.25) is 14.1 Å². The maximum Gasteiger partial charge on any atom is 0.259 e. The van der Waals surface area contributed by atoms with Crippen molar-refractivity contribution in [3.05, 3.63) is 71.4 Å². The lowest BCUT2D eigenvalue weighted by Crippen LogP contribution is -2.20. The predicted molar refractivity (Wildman–Crippen MR) is 137 cm³/mol. The van der Waals surface area contributed by atoms with Crippen molar-refractivity contribution in [3.63, 3.8) is 0 Å². The zero-order valence-corrected chi connectivity index (χ0v) is 20.1. The molecule has 3 N–H and O–H groups in total. The third-order valence-corrected chi connectivity index (χ3v) is 6.35. The molecule has 1 amide bonds. The summed E-state index contributed by atoms with van der Waals surface area (Å²) in [5.41, 5.74) is 8.55. The zero-order valence-electron chi connectivity index (χ0n) is 20.1. The van der Waals surface area contributed by atoms with Crippen LogP contribution in [0.2, 0.25) is 0 Å². The average Bonchev–Trinajstić information content (AvgIpc) is 3.53. The molecule has 37 heavy (non-hydrogen) atoms. The number of fused-ring (bicyclic) bond motifs is 1. The lowest BCUT2D eigenvalue weighted by Gasteiger charge is -2.11. The lowest BCUT2D eigenvalue weighted by molar-refractivity contribution is 0.102. The van der Waals surface area contributed by atoms with E-state index in [1.54, 1.807) is 16.7 Å². The number of nitriles is 1. The maximum atomic E-state index is 15.2. The second-order valence-electron chi connectivity index (χ2n) is 8.68. The normalized spacial score (nSPS) is 15.2. The fraction of sp³-hybridized carbons (Fsp3) is 0.222. The Morgan fingerprint density at radius 3 is 2.86 bits per heavy atom. The number of nitrogen functional groups attached to an aromatic ring is 1. The first-order chi connectivity index (χ1) is 18.0. The summed E-state index contributed by atoms with van der Waals surface area (Å²) < 4.78 is 16.9. The second kappa shape index (κ2) is 10.1. The van der Waals surface area contributed by atoms with Crippen LogP contribution in [0.25, 0.3) is 16.9 Å². The highest BCUT2D eigenvalue weighted by Crippen LogP contribution is 2.34. The van der Waals surface area contributed by atoms with E-state index in [1.807, 2.05) is 19.1 Å². The van der Waals surface area contributed by atoms with E-state index in [-0.39, 0.29) is 23.2 Å². The number of hydrogen-bond donors (Lipinski definition) is 2. The van der Waals surface area contributed by atoms with Gasteiger partial charge in [-0.15, -0.1) is 5.92 Å². The number of benzene rings is 1. The Labute approximate surface area is 212 Å². The first kappa shape index (κ1) is 23.9. The van der Waals surface area contributed by atoms with Crippen LogP contribution < -0.4 is 11.1 Å². The monoisotopic (exact) mass is 494 g/mol. The van der Waals surface area contributed by atoms with Gasteiger partial charge < -0.3 is 11.1 Å². The molecule has 4 aromatic rings. The van der Waals surface area contributed by atoms with Crippen molar-refractivity contribution in [3.8, 4) is 29.3 Å². The highest BCUT2D eigenvalue weighted by atomic mass is 19.1. The smallest absolute Gasteiger partial charge is 0.259 e.